The summed E-state index contributed by atoms with van der Waals surface area (Å²) in [6, 6.07) is 0. The summed E-state index contributed by atoms with van der Waals surface area (Å²) in [5.74, 6) is 0.639. The fourth-order valence-electron chi connectivity index (χ4n) is 1.68. The van der Waals surface area contributed by atoms with Crippen molar-refractivity contribution in [2.45, 2.75) is 18.9 Å². The average molecular weight is 252 g/mol. The topological polar surface area (TPSA) is 105 Å². The van der Waals surface area contributed by atoms with Gasteiger partial charge in [-0.15, -0.1) is 11.8 Å². The third kappa shape index (κ3) is 1.93. The summed E-state index contributed by atoms with van der Waals surface area (Å²) in [6.45, 7) is 3.63. The normalized spacial score (nSPS) is 10.9. The molecule has 0 bridgehead atoms. The van der Waals surface area contributed by atoms with Crippen molar-refractivity contribution >= 4 is 28.7 Å². The number of amides is 1. The maximum Gasteiger partial charge on any atom is 0.261 e. The molecule has 0 unspecified atom stereocenters. The third-order valence-electron chi connectivity index (χ3n) is 2.28. The van der Waals surface area contributed by atoms with Gasteiger partial charge >= 0.3 is 0 Å². The molecule has 0 aromatic carbocycles. The summed E-state index contributed by atoms with van der Waals surface area (Å²) in [5.41, 5.74) is 5.58. The van der Waals surface area contributed by atoms with Crippen LogP contribution in [0.5, 0.6) is 0 Å². The monoisotopic (exact) mass is 252 g/mol. The number of primary amides is 1. The van der Waals surface area contributed by atoms with Gasteiger partial charge in [0.05, 0.1) is 16.0 Å². The molecule has 17 heavy (non-hydrogen) atoms. The fraction of sp³-hybridized carbons (Fsp3) is 0.300. The fourth-order valence-corrected chi connectivity index (χ4v) is 2.48. The van der Waals surface area contributed by atoms with E-state index in [1.807, 2.05) is 6.92 Å². The number of aromatic nitrogens is 3. The maximum absolute atomic E-state index is 11.8. The standard InChI is InChI=1S/C10H12N4O2S/c1-3-17-10-5(7(11)15)6-8(14-10)12-4(2)13-9(6)16/h3H2,1-2H3,(H2,11,15)(H2,12,13,14,16). The zero-order valence-corrected chi connectivity index (χ0v) is 10.3. The van der Waals surface area contributed by atoms with E-state index in [1.54, 1.807) is 6.92 Å². The number of H-pyrrole nitrogens is 2. The Bertz CT molecular complexity index is 644. The van der Waals surface area contributed by atoms with E-state index >= 15 is 0 Å². The molecule has 0 aliphatic rings. The Balaban J connectivity index is 2.85. The van der Waals surface area contributed by atoms with Gasteiger partial charge in [0.15, 0.2) is 0 Å². The Kier molecular flexibility index (Phi) is 2.93. The number of hydrogen-bond donors (Lipinski definition) is 3. The second-order valence-electron chi connectivity index (χ2n) is 3.50. The molecule has 2 aromatic rings. The van der Waals surface area contributed by atoms with Crippen LogP contribution in [0.25, 0.3) is 11.0 Å². The van der Waals surface area contributed by atoms with Crippen LogP contribution < -0.4 is 11.3 Å². The Morgan fingerprint density at radius 2 is 2.18 bits per heavy atom. The van der Waals surface area contributed by atoms with Crippen LogP contribution in [-0.2, 0) is 0 Å². The van der Waals surface area contributed by atoms with Crippen LogP contribution >= 0.6 is 11.8 Å². The van der Waals surface area contributed by atoms with Gasteiger partial charge in [-0.1, -0.05) is 6.92 Å². The number of nitrogens with two attached hydrogens (primary N) is 1. The molecule has 4 N–H and O–H groups in total. The highest BCUT2D eigenvalue weighted by Gasteiger charge is 2.20. The first-order valence-corrected chi connectivity index (χ1v) is 6.08. The van der Waals surface area contributed by atoms with Crippen molar-refractivity contribution in [1.29, 1.82) is 0 Å². The number of nitrogens with one attached hydrogen (secondary N) is 2. The van der Waals surface area contributed by atoms with Crippen LogP contribution in [0.2, 0.25) is 0 Å². The SMILES string of the molecule is CCSc1[nH]c2nc(C)[nH]c(=O)c2c1C(N)=O. The number of aromatic amines is 2. The molecule has 2 heterocycles. The van der Waals surface area contributed by atoms with Crippen molar-refractivity contribution in [3.63, 3.8) is 0 Å². The van der Waals surface area contributed by atoms with Gasteiger partial charge in [0, 0.05) is 0 Å². The third-order valence-corrected chi connectivity index (χ3v) is 3.17. The molecule has 6 nitrogen and oxygen atoms in total. The second-order valence-corrected chi connectivity index (χ2v) is 4.78. The highest BCUT2D eigenvalue weighted by atomic mass is 32.2. The van der Waals surface area contributed by atoms with Gasteiger partial charge in [-0.2, -0.15) is 0 Å². The summed E-state index contributed by atoms with van der Waals surface area (Å²) in [6.07, 6.45) is 0. The van der Waals surface area contributed by atoms with Gasteiger partial charge in [-0.25, -0.2) is 4.98 Å². The molecule has 0 radical (unpaired) electrons. The van der Waals surface area contributed by atoms with Gasteiger partial charge in [0.2, 0.25) is 0 Å². The summed E-state index contributed by atoms with van der Waals surface area (Å²) >= 11 is 1.42. The molecule has 0 saturated heterocycles. The van der Waals surface area contributed by atoms with Gasteiger partial charge < -0.3 is 15.7 Å². The summed E-state index contributed by atoms with van der Waals surface area (Å²) in [5, 5.41) is 0.831. The Hall–Kier alpha value is -1.76. The smallest absolute Gasteiger partial charge is 0.261 e. The molecule has 90 valence electrons. The van der Waals surface area contributed by atoms with Crippen molar-refractivity contribution in [2.24, 2.45) is 5.73 Å². The van der Waals surface area contributed by atoms with Crippen molar-refractivity contribution in [3.8, 4) is 0 Å². The number of fused-ring (bicyclic) bond motifs is 1. The van der Waals surface area contributed by atoms with E-state index in [9.17, 15) is 9.59 Å². The Morgan fingerprint density at radius 3 is 2.76 bits per heavy atom. The van der Waals surface area contributed by atoms with E-state index in [4.69, 9.17) is 5.73 Å². The van der Waals surface area contributed by atoms with Crippen molar-refractivity contribution < 1.29 is 4.79 Å². The van der Waals surface area contributed by atoms with Gasteiger partial charge in [-0.3, -0.25) is 9.59 Å². The van der Waals surface area contributed by atoms with Crippen LogP contribution in [0, 0.1) is 6.92 Å². The number of nitrogens with zero attached hydrogens (tertiary/aromatic N) is 1. The molecule has 0 aliphatic heterocycles. The zero-order valence-electron chi connectivity index (χ0n) is 9.46. The van der Waals surface area contributed by atoms with Gasteiger partial charge in [-0.05, 0) is 12.7 Å². The second kappa shape index (κ2) is 4.25. The molecular formula is C10H12N4O2S. The van der Waals surface area contributed by atoms with E-state index in [-0.39, 0.29) is 16.5 Å². The van der Waals surface area contributed by atoms with Crippen LogP contribution in [-0.4, -0.2) is 26.6 Å². The van der Waals surface area contributed by atoms with E-state index in [0.29, 0.717) is 16.5 Å². The van der Waals surface area contributed by atoms with Crippen LogP contribution in [0.4, 0.5) is 0 Å². The number of aryl methyl sites for hydroxylation is 1. The lowest BCUT2D eigenvalue weighted by molar-refractivity contribution is 0.0999. The highest BCUT2D eigenvalue weighted by Crippen LogP contribution is 2.26. The van der Waals surface area contributed by atoms with E-state index in [1.165, 1.54) is 11.8 Å². The van der Waals surface area contributed by atoms with Crippen LogP contribution in [0.15, 0.2) is 9.82 Å². The van der Waals surface area contributed by atoms with E-state index < -0.39 is 5.91 Å². The molecular weight excluding hydrogens is 240 g/mol. The predicted molar refractivity (Wildman–Crippen MR) is 66.4 cm³/mol. The first kappa shape index (κ1) is 11.7. The quantitative estimate of drug-likeness (QED) is 0.702. The molecule has 2 aromatic heterocycles. The number of carbonyl (C=O) groups excluding carboxylic acids is 1. The molecule has 0 aliphatic carbocycles. The minimum absolute atomic E-state index is 0.223. The number of rotatable bonds is 3. The Morgan fingerprint density at radius 1 is 1.47 bits per heavy atom. The minimum Gasteiger partial charge on any atom is -0.365 e. The molecule has 0 fully saturated rings. The predicted octanol–water partition coefficient (Wildman–Crippen LogP) is 0.771. The maximum atomic E-state index is 11.8. The largest absolute Gasteiger partial charge is 0.365 e. The summed E-state index contributed by atoms with van der Waals surface area (Å²) in [4.78, 5) is 32.9. The molecule has 0 saturated carbocycles. The zero-order chi connectivity index (χ0) is 12.6. The van der Waals surface area contributed by atoms with Gasteiger partial charge in [0.25, 0.3) is 11.5 Å². The lowest BCUT2D eigenvalue weighted by Gasteiger charge is -1.97. The minimum atomic E-state index is -0.622. The first-order chi connectivity index (χ1) is 8.04. The summed E-state index contributed by atoms with van der Waals surface area (Å²) in [7, 11) is 0. The van der Waals surface area contributed by atoms with Crippen LogP contribution in [0.1, 0.15) is 23.1 Å². The van der Waals surface area contributed by atoms with Crippen LogP contribution in [0.3, 0.4) is 0 Å². The number of hydrogen-bond acceptors (Lipinski definition) is 4. The molecule has 0 spiro atoms. The molecule has 1 amide bonds. The number of carbonyl (C=O) groups is 1. The van der Waals surface area contributed by atoms with Gasteiger partial charge in [0.1, 0.15) is 11.5 Å². The Labute approximate surface area is 101 Å². The van der Waals surface area contributed by atoms with E-state index in [0.717, 1.165) is 5.75 Å². The van der Waals surface area contributed by atoms with Crippen molar-refractivity contribution in [1.82, 2.24) is 15.0 Å². The lowest BCUT2D eigenvalue weighted by Crippen LogP contribution is -2.16. The molecule has 7 heteroatoms. The average Bonchev–Trinajstić information content (AvgIpc) is 2.56. The van der Waals surface area contributed by atoms with E-state index in [2.05, 4.69) is 15.0 Å². The van der Waals surface area contributed by atoms with Crippen molar-refractivity contribution in [3.05, 3.63) is 21.7 Å². The number of thioether (sulfide) groups is 1. The lowest BCUT2D eigenvalue weighted by atomic mass is 10.2. The highest BCUT2D eigenvalue weighted by molar-refractivity contribution is 7.99. The summed E-state index contributed by atoms with van der Waals surface area (Å²) < 4.78 is 0. The van der Waals surface area contributed by atoms with Crippen molar-refractivity contribution in [2.75, 3.05) is 5.75 Å². The first-order valence-electron chi connectivity index (χ1n) is 5.09. The molecule has 0 atom stereocenters. The molecule has 2 rings (SSSR count).